The summed E-state index contributed by atoms with van der Waals surface area (Å²) < 4.78 is 17.6. The molecule has 1 aliphatic rings. The molecule has 242 valence electrons. The molecule has 2 atom stereocenters. The largest absolute Gasteiger partial charge is 0.497 e. The van der Waals surface area contributed by atoms with Crippen LogP contribution >= 0.6 is 0 Å². The van der Waals surface area contributed by atoms with Gasteiger partial charge >= 0.3 is 0 Å². The van der Waals surface area contributed by atoms with Crippen molar-refractivity contribution >= 4 is 11.8 Å². The highest BCUT2D eigenvalue weighted by Gasteiger charge is 2.53. The molecule has 1 amide bonds. The molecular weight excluding hydrogens is 596 g/mol. The summed E-state index contributed by atoms with van der Waals surface area (Å²) in [5, 5.41) is 12.9. The molecule has 11 nitrogen and oxygen atoms in total. The number of hydrazine groups is 1. The number of azide groups is 1. The van der Waals surface area contributed by atoms with Gasteiger partial charge in [-0.05, 0) is 70.6 Å². The molecule has 0 unspecified atom stereocenters. The van der Waals surface area contributed by atoms with Crippen LogP contribution in [0, 0.1) is 0 Å². The Balaban J connectivity index is 1.49. The Kier molecular flexibility index (Phi) is 11.4. The number of rotatable bonds is 16. The van der Waals surface area contributed by atoms with E-state index in [0.717, 1.165) is 22.4 Å². The normalized spacial score (nSPS) is 16.8. The molecule has 0 radical (unpaired) electrons. The molecule has 0 saturated carbocycles. The maximum atomic E-state index is 14.5. The fourth-order valence-electron chi connectivity index (χ4n) is 5.46. The minimum atomic E-state index is -1.42. The first-order valence-corrected chi connectivity index (χ1v) is 15.5. The van der Waals surface area contributed by atoms with Gasteiger partial charge in [-0.15, -0.1) is 0 Å². The second-order valence-electron chi connectivity index (χ2n) is 11.0. The van der Waals surface area contributed by atoms with Crippen molar-refractivity contribution in [3.8, 4) is 11.5 Å². The summed E-state index contributed by atoms with van der Waals surface area (Å²) in [7, 11) is 1.63. The highest BCUT2D eigenvalue weighted by atomic mass is 16.5. The van der Waals surface area contributed by atoms with Gasteiger partial charge in [0.05, 0.1) is 20.3 Å². The van der Waals surface area contributed by atoms with E-state index in [0.29, 0.717) is 48.8 Å². The number of aliphatic hydroxyl groups is 1. The molecule has 0 aromatic heterocycles. The van der Waals surface area contributed by atoms with Crippen molar-refractivity contribution in [2.24, 2.45) is 10.1 Å². The number of carbonyl (C=O) groups excluding carboxylic acids is 1. The number of hydrogen-bond acceptors (Lipinski definition) is 8. The third kappa shape index (κ3) is 8.28. The zero-order valence-electron chi connectivity index (χ0n) is 26.2. The summed E-state index contributed by atoms with van der Waals surface area (Å²) in [4.78, 5) is 22.5. The fourth-order valence-corrected chi connectivity index (χ4v) is 5.46. The topological polar surface area (TPSA) is 150 Å². The van der Waals surface area contributed by atoms with Gasteiger partial charge in [-0.1, -0.05) is 71.8 Å². The van der Waals surface area contributed by atoms with Crippen molar-refractivity contribution in [3.63, 3.8) is 0 Å². The van der Waals surface area contributed by atoms with Crippen LogP contribution in [0.15, 0.2) is 113 Å². The maximum absolute atomic E-state index is 14.5. The van der Waals surface area contributed by atoms with Crippen LogP contribution in [-0.4, -0.2) is 49.3 Å². The van der Waals surface area contributed by atoms with Crippen LogP contribution in [0.2, 0.25) is 0 Å². The Morgan fingerprint density at radius 3 is 2.43 bits per heavy atom. The lowest BCUT2D eigenvalue weighted by Gasteiger charge is -2.31. The van der Waals surface area contributed by atoms with Gasteiger partial charge in [0.2, 0.25) is 5.90 Å². The van der Waals surface area contributed by atoms with Gasteiger partial charge in [0.1, 0.15) is 11.5 Å². The fraction of sp³-hybridized carbons (Fsp3) is 0.278. The second kappa shape index (κ2) is 16.3. The van der Waals surface area contributed by atoms with E-state index in [1.54, 1.807) is 19.2 Å². The molecule has 47 heavy (non-hydrogen) atoms. The number of carbonyl (C=O) groups is 1. The van der Waals surface area contributed by atoms with Gasteiger partial charge in [0.25, 0.3) is 5.91 Å². The molecule has 11 heteroatoms. The molecule has 0 bridgehead atoms. The lowest BCUT2D eigenvalue weighted by molar-refractivity contribution is -0.130. The SMILES string of the molecule is COc1ccc(CCNNC(=O)[C@@]2(Cc3ccccc3)N=C(c3ccc(OCCCO)cc3)O[C@H]2c2ccccc2CN=[N+]=[N-])cc1. The van der Waals surface area contributed by atoms with Crippen molar-refractivity contribution < 1.29 is 24.1 Å². The number of nitrogens with zero attached hydrogens (tertiary/aromatic N) is 4. The Labute approximate surface area is 273 Å². The molecule has 5 rings (SSSR count). The molecule has 1 aliphatic heterocycles. The number of amides is 1. The Morgan fingerprint density at radius 2 is 1.70 bits per heavy atom. The van der Waals surface area contributed by atoms with E-state index in [2.05, 4.69) is 20.9 Å². The van der Waals surface area contributed by atoms with E-state index in [1.807, 2.05) is 91.0 Å². The summed E-state index contributed by atoms with van der Waals surface area (Å²) in [5.41, 5.74) is 17.8. The third-order valence-electron chi connectivity index (χ3n) is 7.89. The Hall–Kier alpha value is -5.35. The minimum absolute atomic E-state index is 0.0488. The average Bonchev–Trinajstić information content (AvgIpc) is 3.50. The van der Waals surface area contributed by atoms with Gasteiger partial charge in [0, 0.05) is 36.5 Å². The number of hydrogen-bond donors (Lipinski definition) is 3. The van der Waals surface area contributed by atoms with Crippen LogP contribution in [0.3, 0.4) is 0 Å². The number of methoxy groups -OCH3 is 1. The molecule has 0 spiro atoms. The zero-order chi connectivity index (χ0) is 32.9. The molecule has 4 aromatic carbocycles. The van der Waals surface area contributed by atoms with E-state index in [1.165, 1.54) is 0 Å². The van der Waals surface area contributed by atoms with Crippen molar-refractivity contribution in [3.05, 3.63) is 141 Å². The molecule has 0 fully saturated rings. The lowest BCUT2D eigenvalue weighted by Crippen LogP contribution is -2.54. The van der Waals surface area contributed by atoms with Gasteiger partial charge in [-0.25, -0.2) is 10.4 Å². The lowest BCUT2D eigenvalue weighted by atomic mass is 9.81. The number of aliphatic hydroxyl groups excluding tert-OH is 1. The first-order valence-electron chi connectivity index (χ1n) is 15.5. The Bertz CT molecular complexity index is 1690. The van der Waals surface area contributed by atoms with Crippen molar-refractivity contribution in [1.82, 2.24) is 10.9 Å². The van der Waals surface area contributed by atoms with Gasteiger partial charge in [-0.3, -0.25) is 10.2 Å². The average molecular weight is 635 g/mol. The van der Waals surface area contributed by atoms with Crippen LogP contribution in [0.5, 0.6) is 11.5 Å². The van der Waals surface area contributed by atoms with Crippen LogP contribution in [0.1, 0.15) is 40.3 Å². The predicted octanol–water partition coefficient (Wildman–Crippen LogP) is 5.63. The van der Waals surface area contributed by atoms with Gasteiger partial charge in [0.15, 0.2) is 11.6 Å². The molecular formula is C36H38N6O5. The molecule has 4 aromatic rings. The van der Waals surface area contributed by atoms with Gasteiger partial charge in [-0.2, -0.15) is 0 Å². The minimum Gasteiger partial charge on any atom is -0.497 e. The smallest absolute Gasteiger partial charge is 0.266 e. The summed E-state index contributed by atoms with van der Waals surface area (Å²) in [6.45, 7) is 1.01. The van der Waals surface area contributed by atoms with Crippen molar-refractivity contribution in [2.75, 3.05) is 26.9 Å². The number of nitrogens with one attached hydrogen (secondary N) is 2. The molecule has 1 heterocycles. The number of aliphatic imine (C=N–C) groups is 1. The zero-order valence-corrected chi connectivity index (χ0v) is 26.2. The first-order chi connectivity index (χ1) is 23.1. The predicted molar refractivity (Wildman–Crippen MR) is 179 cm³/mol. The van der Waals surface area contributed by atoms with Crippen LogP contribution in [-0.2, 0) is 28.9 Å². The van der Waals surface area contributed by atoms with E-state index < -0.39 is 11.6 Å². The first kappa shape index (κ1) is 33.0. The summed E-state index contributed by atoms with van der Waals surface area (Å²) >= 11 is 0. The van der Waals surface area contributed by atoms with Crippen LogP contribution < -0.4 is 20.3 Å². The summed E-state index contributed by atoms with van der Waals surface area (Å²) in [6.07, 6.45) is 0.602. The van der Waals surface area contributed by atoms with Gasteiger partial charge < -0.3 is 19.3 Å². The molecule has 0 aliphatic carbocycles. The summed E-state index contributed by atoms with van der Waals surface area (Å²) in [6, 6.07) is 32.2. The standard InChI is InChI=1S/C36H38N6O5/c1-45-30-16-12-26(13-17-30)20-21-38-41-35(44)36(24-27-8-3-2-4-9-27)33(32-11-6-5-10-29(32)25-39-42-37)47-34(40-36)28-14-18-31(19-15-28)46-23-7-22-43/h2-6,8-19,33,38,43H,7,20-25H2,1H3,(H,41,44)/t33-,36-/m0/s1. The van der Waals surface area contributed by atoms with E-state index in [9.17, 15) is 4.79 Å². The Morgan fingerprint density at radius 1 is 0.979 bits per heavy atom. The highest BCUT2D eigenvalue weighted by Crippen LogP contribution is 2.43. The monoisotopic (exact) mass is 634 g/mol. The van der Waals surface area contributed by atoms with E-state index >= 15 is 0 Å². The third-order valence-corrected chi connectivity index (χ3v) is 7.89. The second-order valence-corrected chi connectivity index (χ2v) is 11.0. The van der Waals surface area contributed by atoms with Crippen molar-refractivity contribution in [1.29, 1.82) is 0 Å². The van der Waals surface area contributed by atoms with Crippen molar-refractivity contribution in [2.45, 2.75) is 37.5 Å². The number of ether oxygens (including phenoxy) is 3. The maximum Gasteiger partial charge on any atom is 0.266 e. The van der Waals surface area contributed by atoms with E-state index in [4.69, 9.17) is 29.8 Å². The quantitative estimate of drug-likeness (QED) is 0.0478. The van der Waals surface area contributed by atoms with Crippen LogP contribution in [0.25, 0.3) is 10.4 Å². The highest BCUT2D eigenvalue weighted by molar-refractivity contribution is 6.01. The summed E-state index contributed by atoms with van der Waals surface area (Å²) in [5.74, 6) is 1.37. The molecule has 3 N–H and O–H groups in total. The van der Waals surface area contributed by atoms with Crippen LogP contribution in [0.4, 0.5) is 0 Å². The number of benzene rings is 4. The van der Waals surface area contributed by atoms with E-state index in [-0.39, 0.29) is 25.5 Å². The molecule has 0 saturated heterocycles.